The second-order valence-electron chi connectivity index (χ2n) is 7.56. The van der Waals surface area contributed by atoms with Crippen molar-refractivity contribution >= 4 is 22.7 Å². The van der Waals surface area contributed by atoms with E-state index in [0.29, 0.717) is 4.90 Å². The Kier molecular flexibility index (Phi) is 7.95. The number of esters is 1. The highest BCUT2D eigenvalue weighted by Gasteiger charge is 2.39. The number of nitrogens with one attached hydrogen (secondary N) is 1. The summed E-state index contributed by atoms with van der Waals surface area (Å²) in [5.74, 6) is -0.667. The highest BCUT2D eigenvalue weighted by Crippen LogP contribution is 2.32. The number of rotatable bonds is 9. The van der Waals surface area contributed by atoms with Crippen LogP contribution >= 0.6 is 0 Å². The van der Waals surface area contributed by atoms with Crippen LogP contribution in [0, 0.1) is 0 Å². The van der Waals surface area contributed by atoms with E-state index in [1.807, 2.05) is 85.8 Å². The van der Waals surface area contributed by atoms with E-state index >= 15 is 0 Å². The fourth-order valence-corrected chi connectivity index (χ4v) is 4.73. The van der Waals surface area contributed by atoms with E-state index in [1.165, 1.54) is 7.11 Å². The van der Waals surface area contributed by atoms with Crippen molar-refractivity contribution in [2.45, 2.75) is 29.7 Å². The Bertz CT molecular complexity index is 1020. The summed E-state index contributed by atoms with van der Waals surface area (Å²) in [7, 11) is -0.00854. The van der Waals surface area contributed by atoms with E-state index in [9.17, 15) is 13.8 Å². The van der Waals surface area contributed by atoms with Gasteiger partial charge in [0.05, 0.1) is 23.3 Å². The number of amides is 1. The van der Waals surface area contributed by atoms with Gasteiger partial charge in [-0.25, -0.2) is 4.79 Å². The lowest BCUT2D eigenvalue weighted by atomic mass is 9.75. The van der Waals surface area contributed by atoms with E-state index in [4.69, 9.17) is 4.74 Å². The van der Waals surface area contributed by atoms with Crippen molar-refractivity contribution in [3.05, 3.63) is 102 Å². The van der Waals surface area contributed by atoms with Crippen molar-refractivity contribution in [2.24, 2.45) is 0 Å². The van der Waals surface area contributed by atoms with Crippen LogP contribution in [0.2, 0.25) is 0 Å². The molecular weight excluding hydrogens is 422 g/mol. The number of hydrogen-bond acceptors (Lipinski definition) is 4. The number of hydrogen-bond donors (Lipinski definition) is 1. The highest BCUT2D eigenvalue weighted by molar-refractivity contribution is 7.85. The molecule has 0 radical (unpaired) electrons. The summed E-state index contributed by atoms with van der Waals surface area (Å²) in [5.41, 5.74) is 0.591. The van der Waals surface area contributed by atoms with Gasteiger partial charge in [0, 0.05) is 10.6 Å². The molecule has 32 heavy (non-hydrogen) atoms. The Morgan fingerprint density at radius 2 is 1.34 bits per heavy atom. The zero-order valence-electron chi connectivity index (χ0n) is 18.2. The zero-order chi connectivity index (χ0) is 23.0. The first kappa shape index (κ1) is 23.4. The Hall–Kier alpha value is -3.25. The van der Waals surface area contributed by atoms with Crippen LogP contribution in [0.25, 0.3) is 0 Å². The second kappa shape index (κ2) is 10.9. The average molecular weight is 450 g/mol. The lowest BCUT2D eigenvalue weighted by Crippen LogP contribution is -2.50. The van der Waals surface area contributed by atoms with E-state index in [-0.39, 0.29) is 18.1 Å². The molecule has 0 spiro atoms. The fourth-order valence-electron chi connectivity index (χ4n) is 3.58. The van der Waals surface area contributed by atoms with Gasteiger partial charge < -0.3 is 10.1 Å². The third-order valence-electron chi connectivity index (χ3n) is 5.55. The minimum atomic E-state index is -1.29. The summed E-state index contributed by atoms with van der Waals surface area (Å²) in [5, 5.41) is 2.86. The van der Waals surface area contributed by atoms with E-state index in [2.05, 4.69) is 5.32 Å². The first-order valence-electron chi connectivity index (χ1n) is 10.4. The molecule has 3 aromatic carbocycles. The fraction of sp³-hybridized carbons (Fsp3) is 0.231. The van der Waals surface area contributed by atoms with Gasteiger partial charge >= 0.3 is 5.97 Å². The number of carbonyl (C=O) groups excluding carboxylic acids is 2. The summed E-state index contributed by atoms with van der Waals surface area (Å²) in [4.78, 5) is 26.8. The molecule has 166 valence electrons. The van der Waals surface area contributed by atoms with E-state index in [0.717, 1.165) is 11.1 Å². The molecule has 0 saturated heterocycles. The van der Waals surface area contributed by atoms with Crippen LogP contribution in [0.3, 0.4) is 0 Å². The van der Waals surface area contributed by atoms with Gasteiger partial charge in [-0.15, -0.1) is 0 Å². The first-order chi connectivity index (χ1) is 15.5. The molecule has 0 fully saturated rings. The van der Waals surface area contributed by atoms with Crippen LogP contribution in [0.15, 0.2) is 95.9 Å². The Morgan fingerprint density at radius 1 is 0.875 bits per heavy atom. The van der Waals surface area contributed by atoms with Crippen LogP contribution in [0.4, 0.5) is 0 Å². The molecule has 1 amide bonds. The van der Waals surface area contributed by atoms with Crippen LogP contribution < -0.4 is 5.32 Å². The van der Waals surface area contributed by atoms with Crippen molar-refractivity contribution in [1.29, 1.82) is 0 Å². The monoisotopic (exact) mass is 449 g/mol. The number of methoxy groups -OCH3 is 1. The molecule has 0 aliphatic heterocycles. The second-order valence-corrected chi connectivity index (χ2v) is 9.13. The Balaban J connectivity index is 1.84. The van der Waals surface area contributed by atoms with Crippen molar-refractivity contribution < 1.29 is 18.5 Å². The van der Waals surface area contributed by atoms with Crippen LogP contribution in [0.5, 0.6) is 0 Å². The predicted octanol–water partition coefficient (Wildman–Crippen LogP) is 3.85. The normalized spacial score (nSPS) is 13.1. The Morgan fingerprint density at radius 3 is 1.81 bits per heavy atom. The van der Waals surface area contributed by atoms with Gasteiger partial charge in [0.25, 0.3) is 0 Å². The molecule has 0 saturated carbocycles. The van der Waals surface area contributed by atoms with Crippen molar-refractivity contribution in [1.82, 2.24) is 5.32 Å². The third kappa shape index (κ3) is 5.32. The molecule has 0 aliphatic rings. The van der Waals surface area contributed by atoms with Gasteiger partial charge in [0.15, 0.2) is 0 Å². The highest BCUT2D eigenvalue weighted by atomic mass is 32.2. The maximum Gasteiger partial charge on any atom is 0.328 e. The van der Waals surface area contributed by atoms with E-state index < -0.39 is 28.2 Å². The molecule has 5 nitrogen and oxygen atoms in total. The SMILES string of the molecule is COC(=O)[C@@H](CC[S@](=O)c1ccccc1)NC(=O)C(C)(c1ccccc1)c1ccccc1. The van der Waals surface area contributed by atoms with Crippen molar-refractivity contribution in [2.75, 3.05) is 12.9 Å². The molecule has 0 bridgehead atoms. The number of carbonyl (C=O) groups is 2. The molecule has 3 aromatic rings. The minimum absolute atomic E-state index is 0.194. The van der Waals surface area contributed by atoms with Gasteiger partial charge in [-0.1, -0.05) is 78.9 Å². The van der Waals surface area contributed by atoms with Crippen molar-refractivity contribution in [3.63, 3.8) is 0 Å². The molecular formula is C26H27NO4S. The molecule has 6 heteroatoms. The first-order valence-corrected chi connectivity index (χ1v) is 11.7. The molecule has 1 N–H and O–H groups in total. The predicted molar refractivity (Wildman–Crippen MR) is 126 cm³/mol. The maximum atomic E-state index is 13.6. The summed E-state index contributed by atoms with van der Waals surface area (Å²) in [6.45, 7) is 1.84. The van der Waals surface area contributed by atoms with Gasteiger partial charge in [-0.2, -0.15) is 0 Å². The van der Waals surface area contributed by atoms with Gasteiger partial charge in [0.2, 0.25) is 5.91 Å². The average Bonchev–Trinajstić information content (AvgIpc) is 2.86. The smallest absolute Gasteiger partial charge is 0.328 e. The molecule has 3 rings (SSSR count). The van der Waals surface area contributed by atoms with Gasteiger partial charge in [0.1, 0.15) is 6.04 Å². The van der Waals surface area contributed by atoms with Crippen molar-refractivity contribution in [3.8, 4) is 0 Å². The molecule has 2 atom stereocenters. The van der Waals surface area contributed by atoms with Gasteiger partial charge in [-0.05, 0) is 36.6 Å². The van der Waals surface area contributed by atoms with Crippen LogP contribution in [-0.2, 0) is 30.5 Å². The lowest BCUT2D eigenvalue weighted by molar-refractivity contribution is -0.145. The molecule has 0 heterocycles. The third-order valence-corrected chi connectivity index (χ3v) is 6.95. The number of ether oxygens (including phenoxy) is 1. The Labute approximate surface area is 191 Å². The standard InChI is InChI=1S/C26H27NO4S/c1-26(20-12-6-3-7-13-20,21-14-8-4-9-15-21)25(29)27-23(24(28)31-2)18-19-32(30)22-16-10-5-11-17-22/h3-17,23H,18-19H2,1-2H3,(H,27,29)/t23-,32+/m1/s1. The zero-order valence-corrected chi connectivity index (χ0v) is 19.0. The summed E-state index contributed by atoms with van der Waals surface area (Å²) in [6, 6.07) is 27.0. The molecule has 0 aromatic heterocycles. The summed E-state index contributed by atoms with van der Waals surface area (Å²) < 4.78 is 17.6. The molecule has 0 aliphatic carbocycles. The number of benzene rings is 3. The van der Waals surface area contributed by atoms with Crippen LogP contribution in [-0.4, -0.2) is 35.0 Å². The molecule has 0 unspecified atom stereocenters. The largest absolute Gasteiger partial charge is 0.467 e. The summed E-state index contributed by atoms with van der Waals surface area (Å²) in [6.07, 6.45) is 0.194. The topological polar surface area (TPSA) is 72.5 Å². The quantitative estimate of drug-likeness (QED) is 0.504. The maximum absolute atomic E-state index is 13.6. The van der Waals surface area contributed by atoms with Crippen LogP contribution in [0.1, 0.15) is 24.5 Å². The lowest BCUT2D eigenvalue weighted by Gasteiger charge is -2.31. The summed E-state index contributed by atoms with van der Waals surface area (Å²) >= 11 is 0. The van der Waals surface area contributed by atoms with E-state index in [1.54, 1.807) is 12.1 Å². The van der Waals surface area contributed by atoms with Gasteiger partial charge in [-0.3, -0.25) is 9.00 Å². The minimum Gasteiger partial charge on any atom is -0.467 e.